The van der Waals surface area contributed by atoms with Crippen molar-refractivity contribution < 1.29 is 5.11 Å². The van der Waals surface area contributed by atoms with Gasteiger partial charge in [-0.15, -0.1) is 0 Å². The summed E-state index contributed by atoms with van der Waals surface area (Å²) in [5, 5.41) is 13.1. The van der Waals surface area contributed by atoms with Crippen molar-refractivity contribution in [1.82, 2.24) is 14.9 Å². The van der Waals surface area contributed by atoms with Crippen molar-refractivity contribution in [2.75, 3.05) is 6.54 Å². The van der Waals surface area contributed by atoms with Crippen LogP contribution in [0.3, 0.4) is 0 Å². The summed E-state index contributed by atoms with van der Waals surface area (Å²) in [6.07, 6.45) is 2.92. The van der Waals surface area contributed by atoms with Gasteiger partial charge in [-0.05, 0) is 50.8 Å². The summed E-state index contributed by atoms with van der Waals surface area (Å²) in [5.74, 6) is 1.67. The smallest absolute Gasteiger partial charge is 0.126 e. The zero-order valence-corrected chi connectivity index (χ0v) is 12.2. The highest BCUT2D eigenvalue weighted by Gasteiger charge is 2.23. The first kappa shape index (κ1) is 13.6. The third-order valence-electron chi connectivity index (χ3n) is 4.44. The van der Waals surface area contributed by atoms with Crippen LogP contribution in [0.25, 0.3) is 11.0 Å². The van der Waals surface area contributed by atoms with Crippen LogP contribution in [0, 0.1) is 5.92 Å². The molecule has 4 nitrogen and oxygen atoms in total. The van der Waals surface area contributed by atoms with Crippen molar-refractivity contribution in [3.05, 3.63) is 30.1 Å². The molecule has 0 bridgehead atoms. The van der Waals surface area contributed by atoms with Crippen LogP contribution < -0.4 is 5.32 Å². The van der Waals surface area contributed by atoms with Gasteiger partial charge in [0.1, 0.15) is 5.82 Å². The number of aliphatic hydroxyl groups excluding tert-OH is 1. The number of aryl methyl sites for hydroxylation is 1. The number of hydrogen-bond donors (Lipinski definition) is 2. The third kappa shape index (κ3) is 2.58. The zero-order chi connectivity index (χ0) is 14.1. The van der Waals surface area contributed by atoms with Gasteiger partial charge in [0.15, 0.2) is 0 Å². The number of imidazole rings is 1. The fourth-order valence-electron chi connectivity index (χ4n) is 3.22. The maximum absolute atomic E-state index is 9.58. The van der Waals surface area contributed by atoms with Crippen LogP contribution >= 0.6 is 0 Å². The minimum absolute atomic E-state index is 0.0899. The maximum atomic E-state index is 9.58. The number of fused-ring (bicyclic) bond motifs is 1. The Morgan fingerprint density at radius 1 is 1.40 bits per heavy atom. The lowest BCUT2D eigenvalue weighted by molar-refractivity contribution is 0.177. The lowest BCUT2D eigenvalue weighted by Gasteiger charge is -2.17. The summed E-state index contributed by atoms with van der Waals surface area (Å²) < 4.78 is 2.16. The van der Waals surface area contributed by atoms with Crippen molar-refractivity contribution in [3.63, 3.8) is 0 Å². The summed E-state index contributed by atoms with van der Waals surface area (Å²) in [6, 6.07) is 8.46. The highest BCUT2D eigenvalue weighted by atomic mass is 16.3. The van der Waals surface area contributed by atoms with Crippen molar-refractivity contribution >= 4 is 11.0 Å². The van der Waals surface area contributed by atoms with E-state index in [0.717, 1.165) is 37.1 Å². The van der Waals surface area contributed by atoms with Gasteiger partial charge in [0.05, 0.1) is 23.2 Å². The molecule has 0 saturated heterocycles. The van der Waals surface area contributed by atoms with Gasteiger partial charge in [0.25, 0.3) is 0 Å². The highest BCUT2D eigenvalue weighted by molar-refractivity contribution is 5.75. The molecule has 3 rings (SSSR count). The van der Waals surface area contributed by atoms with Gasteiger partial charge in [0, 0.05) is 7.05 Å². The molecule has 1 aromatic carbocycles. The van der Waals surface area contributed by atoms with E-state index in [0.29, 0.717) is 5.92 Å². The van der Waals surface area contributed by atoms with Gasteiger partial charge < -0.3 is 15.0 Å². The Morgan fingerprint density at radius 3 is 2.90 bits per heavy atom. The molecule has 0 radical (unpaired) electrons. The lowest BCUT2D eigenvalue weighted by atomic mass is 10.1. The summed E-state index contributed by atoms with van der Waals surface area (Å²) in [6.45, 7) is 3.12. The number of aromatic nitrogens is 2. The Morgan fingerprint density at radius 2 is 2.20 bits per heavy atom. The monoisotopic (exact) mass is 273 g/mol. The molecule has 4 heteroatoms. The van der Waals surface area contributed by atoms with E-state index in [9.17, 15) is 5.11 Å². The SMILES string of the molecule is CC(NCC1CCC(O)C1)c1nc2ccccc2n1C. The van der Waals surface area contributed by atoms with E-state index in [2.05, 4.69) is 36.0 Å². The third-order valence-corrected chi connectivity index (χ3v) is 4.44. The number of nitrogens with one attached hydrogen (secondary N) is 1. The second kappa shape index (κ2) is 5.54. The quantitative estimate of drug-likeness (QED) is 0.899. The van der Waals surface area contributed by atoms with Gasteiger partial charge in [-0.3, -0.25) is 0 Å². The average molecular weight is 273 g/mol. The molecule has 1 aliphatic rings. The molecule has 0 aliphatic heterocycles. The second-order valence-corrected chi connectivity index (χ2v) is 5.98. The lowest BCUT2D eigenvalue weighted by Crippen LogP contribution is -2.26. The van der Waals surface area contributed by atoms with E-state index in [4.69, 9.17) is 4.98 Å². The van der Waals surface area contributed by atoms with Crippen LogP contribution in [0.2, 0.25) is 0 Å². The summed E-state index contributed by atoms with van der Waals surface area (Å²) in [4.78, 5) is 4.72. The van der Waals surface area contributed by atoms with E-state index < -0.39 is 0 Å². The van der Waals surface area contributed by atoms with Gasteiger partial charge in [-0.2, -0.15) is 0 Å². The van der Waals surface area contributed by atoms with Crippen LogP contribution in [0.4, 0.5) is 0 Å². The topological polar surface area (TPSA) is 50.1 Å². The Bertz CT molecular complexity index is 592. The Kier molecular flexibility index (Phi) is 3.76. The minimum atomic E-state index is -0.0899. The predicted octanol–water partition coefficient (Wildman–Crippen LogP) is 2.38. The molecule has 3 atom stereocenters. The number of nitrogens with zero attached hydrogens (tertiary/aromatic N) is 2. The number of rotatable bonds is 4. The van der Waals surface area contributed by atoms with Crippen molar-refractivity contribution in [2.45, 2.75) is 38.3 Å². The van der Waals surface area contributed by atoms with Gasteiger partial charge in [-0.25, -0.2) is 4.98 Å². The van der Waals surface area contributed by atoms with Crippen molar-refractivity contribution in [2.24, 2.45) is 13.0 Å². The number of benzene rings is 1. The molecule has 1 saturated carbocycles. The first-order valence-corrected chi connectivity index (χ1v) is 7.48. The van der Waals surface area contributed by atoms with E-state index in [1.54, 1.807) is 0 Å². The molecular weight excluding hydrogens is 250 g/mol. The normalized spacial score (nSPS) is 24.4. The molecule has 3 unspecified atom stereocenters. The highest BCUT2D eigenvalue weighted by Crippen LogP contribution is 2.26. The first-order valence-electron chi connectivity index (χ1n) is 7.48. The van der Waals surface area contributed by atoms with E-state index >= 15 is 0 Å². The van der Waals surface area contributed by atoms with E-state index in [1.807, 2.05) is 12.1 Å². The first-order chi connectivity index (χ1) is 9.65. The maximum Gasteiger partial charge on any atom is 0.126 e. The summed E-state index contributed by atoms with van der Waals surface area (Å²) >= 11 is 0. The van der Waals surface area contributed by atoms with Crippen molar-refractivity contribution in [3.8, 4) is 0 Å². The van der Waals surface area contributed by atoms with Gasteiger partial charge >= 0.3 is 0 Å². The van der Waals surface area contributed by atoms with Crippen molar-refractivity contribution in [1.29, 1.82) is 0 Å². The molecule has 1 heterocycles. The molecule has 1 fully saturated rings. The minimum Gasteiger partial charge on any atom is -0.393 e. The molecule has 1 aromatic heterocycles. The summed E-state index contributed by atoms with van der Waals surface area (Å²) in [7, 11) is 2.07. The predicted molar refractivity (Wildman–Crippen MR) is 80.5 cm³/mol. The number of aliphatic hydroxyl groups is 1. The molecule has 108 valence electrons. The van der Waals surface area contributed by atoms with E-state index in [1.165, 1.54) is 5.52 Å². The Balaban J connectivity index is 1.69. The van der Waals surface area contributed by atoms with Crippen LogP contribution in [-0.4, -0.2) is 27.3 Å². The summed E-state index contributed by atoms with van der Waals surface area (Å²) in [5.41, 5.74) is 2.22. The number of para-hydroxylation sites is 2. The molecule has 2 aromatic rings. The second-order valence-electron chi connectivity index (χ2n) is 5.98. The Labute approximate surface area is 119 Å². The Hall–Kier alpha value is -1.39. The largest absolute Gasteiger partial charge is 0.393 e. The van der Waals surface area contributed by atoms with Crippen LogP contribution in [-0.2, 0) is 7.05 Å². The van der Waals surface area contributed by atoms with Crippen LogP contribution in [0.1, 0.15) is 38.1 Å². The average Bonchev–Trinajstić information content (AvgIpc) is 3.01. The standard InChI is InChI=1S/C16H23N3O/c1-11(17-10-12-7-8-13(20)9-12)16-18-14-5-3-4-6-15(14)19(16)2/h3-6,11-13,17,20H,7-10H2,1-2H3. The van der Waals surface area contributed by atoms with Gasteiger partial charge in [-0.1, -0.05) is 12.1 Å². The molecule has 1 aliphatic carbocycles. The van der Waals surface area contributed by atoms with E-state index in [-0.39, 0.29) is 12.1 Å². The molecule has 0 spiro atoms. The van der Waals surface area contributed by atoms with Crippen LogP contribution in [0.5, 0.6) is 0 Å². The van der Waals surface area contributed by atoms with Gasteiger partial charge in [0.2, 0.25) is 0 Å². The fraction of sp³-hybridized carbons (Fsp3) is 0.562. The molecule has 20 heavy (non-hydrogen) atoms. The zero-order valence-electron chi connectivity index (χ0n) is 12.2. The molecule has 0 amide bonds. The molecule has 2 N–H and O–H groups in total. The van der Waals surface area contributed by atoms with Crippen LogP contribution in [0.15, 0.2) is 24.3 Å². The molecular formula is C16H23N3O. The number of hydrogen-bond acceptors (Lipinski definition) is 3. The fourth-order valence-corrected chi connectivity index (χ4v) is 3.22.